The van der Waals surface area contributed by atoms with Gasteiger partial charge < -0.3 is 10.2 Å². The summed E-state index contributed by atoms with van der Waals surface area (Å²) < 4.78 is 35.9. The second-order valence-electron chi connectivity index (χ2n) is 4.06. The van der Waals surface area contributed by atoms with Gasteiger partial charge in [0.05, 0.1) is 6.42 Å². The van der Waals surface area contributed by atoms with Crippen LogP contribution in [0.1, 0.15) is 25.7 Å². The molecule has 7 heteroatoms. The van der Waals surface area contributed by atoms with E-state index < -0.39 is 19.0 Å². The highest BCUT2D eigenvalue weighted by Gasteiger charge is 2.32. The van der Waals surface area contributed by atoms with Gasteiger partial charge in [-0.3, -0.25) is 4.79 Å². The molecule has 17 heavy (non-hydrogen) atoms. The van der Waals surface area contributed by atoms with Crippen LogP contribution in [0.5, 0.6) is 0 Å². The Morgan fingerprint density at radius 3 is 2.65 bits per heavy atom. The molecule has 1 saturated heterocycles. The molecule has 3 nitrogen and oxygen atoms in total. The van der Waals surface area contributed by atoms with Crippen LogP contribution in [0.15, 0.2) is 0 Å². The molecule has 102 valence electrons. The number of rotatable bonds is 4. The Labute approximate surface area is 105 Å². The second-order valence-corrected chi connectivity index (χ2v) is 4.06. The number of halogens is 4. The molecule has 0 aromatic heterocycles. The molecule has 1 atom stereocenters. The van der Waals surface area contributed by atoms with Crippen molar-refractivity contribution in [2.75, 3.05) is 20.1 Å². The van der Waals surface area contributed by atoms with Crippen molar-refractivity contribution in [2.45, 2.75) is 37.9 Å². The van der Waals surface area contributed by atoms with Gasteiger partial charge in [0.1, 0.15) is 0 Å². The first kappa shape index (κ1) is 16.5. The quantitative estimate of drug-likeness (QED) is 0.850. The van der Waals surface area contributed by atoms with Gasteiger partial charge in [0, 0.05) is 25.6 Å². The van der Waals surface area contributed by atoms with E-state index in [1.807, 2.05) is 0 Å². The predicted octanol–water partition coefficient (Wildman–Crippen LogP) is 1.96. The van der Waals surface area contributed by atoms with Crippen LogP contribution in [0, 0.1) is 0 Å². The van der Waals surface area contributed by atoms with E-state index in [0.29, 0.717) is 13.1 Å². The van der Waals surface area contributed by atoms with Crippen molar-refractivity contribution in [1.82, 2.24) is 10.2 Å². The highest BCUT2D eigenvalue weighted by atomic mass is 35.5. The van der Waals surface area contributed by atoms with Crippen LogP contribution in [0.4, 0.5) is 13.2 Å². The van der Waals surface area contributed by atoms with Crippen LogP contribution in [0.2, 0.25) is 0 Å². The van der Waals surface area contributed by atoms with Crippen molar-refractivity contribution >= 4 is 18.3 Å². The SMILES string of the molecule is CNCC1CCCN1C(=O)CCC(F)(F)F.Cl. The normalized spacial score (nSPS) is 20.2. The maximum absolute atomic E-state index is 12.0. The first-order valence-corrected chi connectivity index (χ1v) is 5.45. The number of likely N-dealkylation sites (tertiary alicyclic amines) is 1. The summed E-state index contributed by atoms with van der Waals surface area (Å²) in [5.41, 5.74) is 0. The van der Waals surface area contributed by atoms with Crippen LogP contribution in [-0.4, -0.2) is 43.2 Å². The highest BCUT2D eigenvalue weighted by Crippen LogP contribution is 2.24. The molecule has 0 aromatic rings. The van der Waals surface area contributed by atoms with Gasteiger partial charge in [-0.15, -0.1) is 12.4 Å². The number of carbonyl (C=O) groups is 1. The Morgan fingerprint density at radius 1 is 1.47 bits per heavy atom. The Hall–Kier alpha value is -0.490. The van der Waals surface area contributed by atoms with Crippen LogP contribution < -0.4 is 5.32 Å². The minimum atomic E-state index is -4.24. The number of amides is 1. The first-order valence-electron chi connectivity index (χ1n) is 5.45. The fourth-order valence-corrected chi connectivity index (χ4v) is 2.00. The maximum atomic E-state index is 12.0. The zero-order chi connectivity index (χ0) is 12.2. The molecule has 0 saturated carbocycles. The predicted molar refractivity (Wildman–Crippen MR) is 61.2 cm³/mol. The molecule has 1 aliphatic rings. The summed E-state index contributed by atoms with van der Waals surface area (Å²) in [5, 5.41) is 2.95. The fourth-order valence-electron chi connectivity index (χ4n) is 2.00. The zero-order valence-corrected chi connectivity index (χ0v) is 10.5. The van der Waals surface area contributed by atoms with E-state index in [9.17, 15) is 18.0 Å². The minimum absolute atomic E-state index is 0. The Balaban J connectivity index is 0.00000256. The number of nitrogens with zero attached hydrogens (tertiary/aromatic N) is 1. The topological polar surface area (TPSA) is 32.3 Å². The lowest BCUT2D eigenvalue weighted by molar-refractivity contribution is -0.149. The fraction of sp³-hybridized carbons (Fsp3) is 0.900. The molecule has 1 amide bonds. The third kappa shape index (κ3) is 5.59. The van der Waals surface area contributed by atoms with Crippen LogP contribution in [0.25, 0.3) is 0 Å². The number of likely N-dealkylation sites (N-methyl/N-ethyl adjacent to an activating group) is 1. The Bertz CT molecular complexity index is 248. The molecule has 0 radical (unpaired) electrons. The van der Waals surface area contributed by atoms with E-state index in [1.54, 1.807) is 11.9 Å². The lowest BCUT2D eigenvalue weighted by Gasteiger charge is -2.24. The monoisotopic (exact) mass is 274 g/mol. The molecule has 0 bridgehead atoms. The lowest BCUT2D eigenvalue weighted by atomic mass is 10.2. The molecule has 1 N–H and O–H groups in total. The standard InChI is InChI=1S/C10H17F3N2O.ClH/c1-14-7-8-3-2-6-15(8)9(16)4-5-10(11,12)13;/h8,14H,2-7H2,1H3;1H. The van der Waals surface area contributed by atoms with E-state index >= 15 is 0 Å². The van der Waals surface area contributed by atoms with Gasteiger partial charge in [-0.1, -0.05) is 0 Å². The summed E-state index contributed by atoms with van der Waals surface area (Å²) in [6.45, 7) is 1.24. The summed E-state index contributed by atoms with van der Waals surface area (Å²) in [4.78, 5) is 13.1. The van der Waals surface area contributed by atoms with E-state index in [2.05, 4.69) is 5.32 Å². The molecular formula is C10H18ClF3N2O. The third-order valence-electron chi connectivity index (χ3n) is 2.76. The number of hydrogen-bond donors (Lipinski definition) is 1. The molecule has 0 aliphatic carbocycles. The first-order chi connectivity index (χ1) is 7.44. The third-order valence-corrected chi connectivity index (χ3v) is 2.76. The van der Waals surface area contributed by atoms with E-state index in [-0.39, 0.29) is 24.4 Å². The lowest BCUT2D eigenvalue weighted by Crippen LogP contribution is -2.41. The molecule has 1 heterocycles. The van der Waals surface area contributed by atoms with Crippen molar-refractivity contribution < 1.29 is 18.0 Å². The summed E-state index contributed by atoms with van der Waals surface area (Å²) in [6, 6.07) is 0.0609. The smallest absolute Gasteiger partial charge is 0.338 e. The van der Waals surface area contributed by atoms with Gasteiger partial charge in [-0.25, -0.2) is 0 Å². The van der Waals surface area contributed by atoms with Gasteiger partial charge in [0.25, 0.3) is 0 Å². The second kappa shape index (κ2) is 7.06. The van der Waals surface area contributed by atoms with Gasteiger partial charge in [-0.2, -0.15) is 13.2 Å². The molecule has 1 fully saturated rings. The van der Waals surface area contributed by atoms with Gasteiger partial charge >= 0.3 is 6.18 Å². The van der Waals surface area contributed by atoms with E-state index in [0.717, 1.165) is 12.8 Å². The van der Waals surface area contributed by atoms with Crippen molar-refractivity contribution in [3.05, 3.63) is 0 Å². The average molecular weight is 275 g/mol. The van der Waals surface area contributed by atoms with Crippen molar-refractivity contribution in [1.29, 1.82) is 0 Å². The number of hydrogen-bond acceptors (Lipinski definition) is 2. The van der Waals surface area contributed by atoms with Crippen LogP contribution in [-0.2, 0) is 4.79 Å². The minimum Gasteiger partial charge on any atom is -0.338 e. The summed E-state index contributed by atoms with van der Waals surface area (Å²) in [7, 11) is 1.77. The molecule has 1 unspecified atom stereocenters. The number of alkyl halides is 3. The molecule has 1 rings (SSSR count). The molecule has 1 aliphatic heterocycles. The van der Waals surface area contributed by atoms with Gasteiger partial charge in [0.2, 0.25) is 5.91 Å². The molecular weight excluding hydrogens is 257 g/mol. The highest BCUT2D eigenvalue weighted by molar-refractivity contribution is 5.85. The number of carbonyl (C=O) groups excluding carboxylic acids is 1. The van der Waals surface area contributed by atoms with Gasteiger partial charge in [-0.05, 0) is 19.9 Å². The molecule has 0 aromatic carbocycles. The van der Waals surface area contributed by atoms with Crippen molar-refractivity contribution in [3.63, 3.8) is 0 Å². The zero-order valence-electron chi connectivity index (χ0n) is 9.72. The van der Waals surface area contributed by atoms with Crippen molar-refractivity contribution in [3.8, 4) is 0 Å². The maximum Gasteiger partial charge on any atom is 0.389 e. The molecule has 0 spiro atoms. The number of nitrogens with one attached hydrogen (secondary N) is 1. The van der Waals surface area contributed by atoms with E-state index in [1.165, 1.54) is 0 Å². The van der Waals surface area contributed by atoms with Crippen LogP contribution in [0.3, 0.4) is 0 Å². The average Bonchev–Trinajstić information content (AvgIpc) is 2.62. The van der Waals surface area contributed by atoms with E-state index in [4.69, 9.17) is 0 Å². The summed E-state index contributed by atoms with van der Waals surface area (Å²) in [5.74, 6) is -0.380. The Morgan fingerprint density at radius 2 is 2.12 bits per heavy atom. The summed E-state index contributed by atoms with van der Waals surface area (Å²) in [6.07, 6.45) is -3.94. The van der Waals surface area contributed by atoms with Crippen LogP contribution >= 0.6 is 12.4 Å². The van der Waals surface area contributed by atoms with Gasteiger partial charge in [0.15, 0.2) is 0 Å². The largest absolute Gasteiger partial charge is 0.389 e. The summed E-state index contributed by atoms with van der Waals surface area (Å²) >= 11 is 0. The Kier molecular flexibility index (Phi) is 6.85. The van der Waals surface area contributed by atoms with Crippen molar-refractivity contribution in [2.24, 2.45) is 0 Å².